The Morgan fingerprint density at radius 1 is 0.943 bits per heavy atom. The minimum Gasteiger partial charge on any atom is -0.494 e. The second kappa shape index (κ2) is 11.1. The molecule has 2 heterocycles. The van der Waals surface area contributed by atoms with E-state index in [4.69, 9.17) is 10.00 Å². The maximum atomic E-state index is 8.93. The van der Waals surface area contributed by atoms with Crippen LogP contribution in [0.15, 0.2) is 78.9 Å². The van der Waals surface area contributed by atoms with Gasteiger partial charge in [0.15, 0.2) is 0 Å². The number of benzene rings is 3. The first-order valence-corrected chi connectivity index (χ1v) is 13.0. The number of piperidine rings is 1. The number of rotatable bonds is 8. The van der Waals surface area contributed by atoms with E-state index in [1.54, 1.807) is 0 Å². The monoisotopic (exact) mass is 465 g/mol. The van der Waals surface area contributed by atoms with Crippen LogP contribution in [0, 0.1) is 17.2 Å². The van der Waals surface area contributed by atoms with Gasteiger partial charge in [0, 0.05) is 13.1 Å². The minimum atomic E-state index is 0.0149. The van der Waals surface area contributed by atoms with Crippen molar-refractivity contribution < 1.29 is 4.74 Å². The number of likely N-dealkylation sites (tertiary alicyclic amines) is 1. The molecule has 0 radical (unpaired) electrons. The van der Waals surface area contributed by atoms with Crippen molar-refractivity contribution in [2.75, 3.05) is 32.8 Å². The standard InChI is InChI=1S/C31H35N3O/c32-24-26-11-13-29(14-12-26)35-22-6-19-34-20-16-28(17-21-34)31(23-25-7-2-1-3-8-25)30-10-5-4-9-27(30)15-18-33-31/h1-5,7-14,28,33H,6,15-23H2. The lowest BCUT2D eigenvalue weighted by atomic mass is 9.67. The van der Waals surface area contributed by atoms with Crippen LogP contribution in [0.25, 0.3) is 0 Å². The third-order valence-corrected chi connectivity index (χ3v) is 7.81. The van der Waals surface area contributed by atoms with Gasteiger partial charge in [-0.1, -0.05) is 54.6 Å². The summed E-state index contributed by atoms with van der Waals surface area (Å²) in [5, 5.41) is 13.0. The van der Waals surface area contributed by atoms with Gasteiger partial charge in [0.05, 0.1) is 23.8 Å². The molecule has 2 aliphatic rings. The maximum Gasteiger partial charge on any atom is 0.119 e. The Bertz CT molecular complexity index is 1130. The molecule has 5 rings (SSSR count). The quantitative estimate of drug-likeness (QED) is 0.457. The number of nitrogens with zero attached hydrogens (tertiary/aromatic N) is 2. The van der Waals surface area contributed by atoms with Crippen LogP contribution in [-0.4, -0.2) is 37.7 Å². The summed E-state index contributed by atoms with van der Waals surface area (Å²) in [7, 11) is 0. The fraction of sp³-hybridized carbons (Fsp3) is 0.387. The normalized spacial score (nSPS) is 20.7. The molecule has 0 aromatic heterocycles. The number of fused-ring (bicyclic) bond motifs is 1. The van der Waals surface area contributed by atoms with Crippen molar-refractivity contribution in [3.8, 4) is 11.8 Å². The van der Waals surface area contributed by atoms with Crippen LogP contribution in [0.3, 0.4) is 0 Å². The summed E-state index contributed by atoms with van der Waals surface area (Å²) >= 11 is 0. The fourth-order valence-corrected chi connectivity index (χ4v) is 6.03. The second-order valence-electron chi connectivity index (χ2n) is 9.92. The Morgan fingerprint density at radius 3 is 2.46 bits per heavy atom. The summed E-state index contributed by atoms with van der Waals surface area (Å²) in [6.45, 7) is 5.11. The van der Waals surface area contributed by atoms with Crippen LogP contribution >= 0.6 is 0 Å². The molecule has 3 aromatic rings. The molecule has 0 spiro atoms. The Kier molecular flexibility index (Phi) is 7.47. The van der Waals surface area contributed by atoms with Gasteiger partial charge in [0.25, 0.3) is 0 Å². The van der Waals surface area contributed by atoms with Crippen LogP contribution < -0.4 is 10.1 Å². The lowest BCUT2D eigenvalue weighted by molar-refractivity contribution is 0.0953. The topological polar surface area (TPSA) is 48.3 Å². The zero-order valence-corrected chi connectivity index (χ0v) is 20.5. The summed E-state index contributed by atoms with van der Waals surface area (Å²) < 4.78 is 5.89. The smallest absolute Gasteiger partial charge is 0.119 e. The van der Waals surface area contributed by atoms with E-state index in [-0.39, 0.29) is 5.54 Å². The molecule has 0 aliphatic carbocycles. The molecule has 1 fully saturated rings. The van der Waals surface area contributed by atoms with Gasteiger partial charge in [-0.15, -0.1) is 0 Å². The number of nitriles is 1. The molecule has 0 bridgehead atoms. The van der Waals surface area contributed by atoms with Crippen molar-refractivity contribution in [2.24, 2.45) is 5.92 Å². The third kappa shape index (κ3) is 5.42. The zero-order valence-electron chi connectivity index (χ0n) is 20.5. The second-order valence-corrected chi connectivity index (χ2v) is 9.92. The molecular weight excluding hydrogens is 430 g/mol. The van der Waals surface area contributed by atoms with Crippen LogP contribution in [0.4, 0.5) is 0 Å². The molecule has 1 atom stereocenters. The molecule has 2 aliphatic heterocycles. The summed E-state index contributed by atoms with van der Waals surface area (Å²) in [4.78, 5) is 2.60. The van der Waals surface area contributed by atoms with Gasteiger partial charge < -0.3 is 15.0 Å². The van der Waals surface area contributed by atoms with E-state index in [0.29, 0.717) is 18.1 Å². The Morgan fingerprint density at radius 2 is 1.69 bits per heavy atom. The lowest BCUT2D eigenvalue weighted by Crippen LogP contribution is -2.56. The van der Waals surface area contributed by atoms with E-state index in [9.17, 15) is 0 Å². The predicted molar refractivity (Wildman–Crippen MR) is 140 cm³/mol. The molecule has 0 saturated carbocycles. The highest BCUT2D eigenvalue weighted by Crippen LogP contribution is 2.42. The van der Waals surface area contributed by atoms with Crippen molar-refractivity contribution in [1.82, 2.24) is 10.2 Å². The van der Waals surface area contributed by atoms with Gasteiger partial charge in [0.2, 0.25) is 0 Å². The van der Waals surface area contributed by atoms with E-state index in [1.807, 2.05) is 24.3 Å². The number of hydrogen-bond acceptors (Lipinski definition) is 4. The van der Waals surface area contributed by atoms with Gasteiger partial charge in [-0.2, -0.15) is 5.26 Å². The van der Waals surface area contributed by atoms with Crippen LogP contribution in [0.1, 0.15) is 41.5 Å². The number of nitrogens with one attached hydrogen (secondary N) is 1. The minimum absolute atomic E-state index is 0.0149. The van der Waals surface area contributed by atoms with Crippen molar-refractivity contribution in [2.45, 2.75) is 37.6 Å². The highest BCUT2D eigenvalue weighted by atomic mass is 16.5. The summed E-state index contributed by atoms with van der Waals surface area (Å²) in [5.74, 6) is 1.46. The Labute approximate surface area is 209 Å². The molecule has 4 nitrogen and oxygen atoms in total. The summed E-state index contributed by atoms with van der Waals surface area (Å²) in [6, 6.07) is 29.6. The fourth-order valence-electron chi connectivity index (χ4n) is 6.03. The van der Waals surface area contributed by atoms with Crippen molar-refractivity contribution in [3.05, 3.63) is 101 Å². The molecule has 1 N–H and O–H groups in total. The lowest BCUT2D eigenvalue weighted by Gasteiger charge is -2.49. The molecule has 0 amide bonds. The van der Waals surface area contributed by atoms with E-state index >= 15 is 0 Å². The Balaban J connectivity index is 1.20. The number of ether oxygens (including phenoxy) is 1. The highest BCUT2D eigenvalue weighted by Gasteiger charge is 2.44. The van der Waals surface area contributed by atoms with Gasteiger partial charge in [-0.3, -0.25) is 0 Å². The van der Waals surface area contributed by atoms with Crippen LogP contribution in [-0.2, 0) is 18.4 Å². The molecule has 1 saturated heterocycles. The van der Waals surface area contributed by atoms with E-state index in [2.05, 4.69) is 70.9 Å². The molecule has 1 unspecified atom stereocenters. The van der Waals surface area contributed by atoms with Gasteiger partial charge in [-0.05, 0) is 92.1 Å². The average molecular weight is 466 g/mol. The molecule has 180 valence electrons. The van der Waals surface area contributed by atoms with E-state index in [1.165, 1.54) is 29.5 Å². The van der Waals surface area contributed by atoms with Gasteiger partial charge in [0.1, 0.15) is 5.75 Å². The van der Waals surface area contributed by atoms with E-state index in [0.717, 1.165) is 51.2 Å². The molecule has 35 heavy (non-hydrogen) atoms. The first kappa shape index (κ1) is 23.6. The average Bonchev–Trinajstić information content (AvgIpc) is 2.92. The summed E-state index contributed by atoms with van der Waals surface area (Å²) in [5.41, 5.74) is 5.13. The highest BCUT2D eigenvalue weighted by molar-refractivity contribution is 5.39. The predicted octanol–water partition coefficient (Wildman–Crippen LogP) is 5.32. The Hall–Kier alpha value is -3.13. The first-order valence-electron chi connectivity index (χ1n) is 13.0. The third-order valence-electron chi connectivity index (χ3n) is 7.81. The molecular formula is C31H35N3O. The number of hydrogen-bond donors (Lipinski definition) is 1. The summed E-state index contributed by atoms with van der Waals surface area (Å²) in [6.07, 6.45) is 5.61. The van der Waals surface area contributed by atoms with Crippen molar-refractivity contribution in [1.29, 1.82) is 5.26 Å². The van der Waals surface area contributed by atoms with Crippen molar-refractivity contribution >= 4 is 0 Å². The maximum absolute atomic E-state index is 8.93. The van der Waals surface area contributed by atoms with Crippen molar-refractivity contribution in [3.63, 3.8) is 0 Å². The largest absolute Gasteiger partial charge is 0.494 e. The van der Waals surface area contributed by atoms with Crippen LogP contribution in [0.2, 0.25) is 0 Å². The van der Waals surface area contributed by atoms with Gasteiger partial charge >= 0.3 is 0 Å². The molecule has 3 aromatic carbocycles. The van der Waals surface area contributed by atoms with E-state index < -0.39 is 0 Å². The SMILES string of the molecule is N#Cc1ccc(OCCCN2CCC(C3(Cc4ccccc4)NCCc4ccccc43)CC2)cc1. The first-order chi connectivity index (χ1) is 17.3. The van der Waals surface area contributed by atoms with Gasteiger partial charge in [-0.25, -0.2) is 0 Å². The van der Waals surface area contributed by atoms with Crippen LogP contribution in [0.5, 0.6) is 5.75 Å². The zero-order chi connectivity index (χ0) is 23.9. The molecule has 4 heteroatoms.